The predicted octanol–water partition coefficient (Wildman–Crippen LogP) is 4.01. The van der Waals surface area contributed by atoms with Crippen LogP contribution in [0.2, 0.25) is 0 Å². The predicted molar refractivity (Wildman–Crippen MR) is 156 cm³/mol. The van der Waals surface area contributed by atoms with E-state index in [4.69, 9.17) is 19.6 Å². The van der Waals surface area contributed by atoms with Crippen LogP contribution in [0.3, 0.4) is 0 Å². The van der Waals surface area contributed by atoms with Gasteiger partial charge in [0.05, 0.1) is 43.1 Å². The van der Waals surface area contributed by atoms with Gasteiger partial charge in [-0.15, -0.1) is 0 Å². The minimum absolute atomic E-state index is 0.298. The maximum absolute atomic E-state index is 12.3. The lowest BCUT2D eigenvalue weighted by Gasteiger charge is -2.31. The number of nitrogens with zero attached hydrogens (tertiary/aromatic N) is 6. The van der Waals surface area contributed by atoms with Gasteiger partial charge in [-0.3, -0.25) is 9.69 Å². The first kappa shape index (κ1) is 27.6. The molecule has 212 valence electrons. The Labute approximate surface area is 235 Å². The second-order valence-corrected chi connectivity index (χ2v) is 10.5. The molecule has 0 radical (unpaired) electrons. The molecule has 0 unspecified atom stereocenters. The number of carbonyl (C=O) groups excluding carboxylic acids is 1. The van der Waals surface area contributed by atoms with Crippen LogP contribution >= 0.6 is 0 Å². The summed E-state index contributed by atoms with van der Waals surface area (Å²) in [5, 5.41) is 11.2. The van der Waals surface area contributed by atoms with Crippen LogP contribution < -0.4 is 20.3 Å². The molecule has 1 aromatic carbocycles. The van der Waals surface area contributed by atoms with Gasteiger partial charge < -0.3 is 25.0 Å². The third-order valence-corrected chi connectivity index (χ3v) is 7.23. The highest BCUT2D eigenvalue weighted by Gasteiger charge is 2.22. The smallest absolute Gasteiger partial charge is 0.247 e. The van der Waals surface area contributed by atoms with Gasteiger partial charge in [0.1, 0.15) is 5.75 Å². The van der Waals surface area contributed by atoms with Crippen molar-refractivity contribution >= 4 is 28.9 Å². The SMILES string of the molecule is C=CC(=O)Nc1cc(Nc2ncc(C)c(-n3cc(CN4CCC4)c(C(C)C)n3)n2)c(OC)cc1N1CCOCC1. The molecule has 0 aliphatic carbocycles. The second-order valence-electron chi connectivity index (χ2n) is 10.5. The zero-order chi connectivity index (χ0) is 28.2. The summed E-state index contributed by atoms with van der Waals surface area (Å²) in [6.07, 6.45) is 6.38. The summed E-state index contributed by atoms with van der Waals surface area (Å²) in [6.45, 7) is 15.7. The first-order chi connectivity index (χ1) is 19.4. The lowest BCUT2D eigenvalue weighted by molar-refractivity contribution is -0.111. The van der Waals surface area contributed by atoms with Gasteiger partial charge in [-0.05, 0) is 44.5 Å². The van der Waals surface area contributed by atoms with E-state index >= 15 is 0 Å². The van der Waals surface area contributed by atoms with Crippen molar-refractivity contribution in [3.8, 4) is 11.6 Å². The van der Waals surface area contributed by atoms with Crippen molar-refractivity contribution in [2.45, 2.75) is 39.7 Å². The Bertz CT molecular complexity index is 1380. The summed E-state index contributed by atoms with van der Waals surface area (Å²) >= 11 is 0. The summed E-state index contributed by atoms with van der Waals surface area (Å²) in [4.78, 5) is 26.3. The van der Waals surface area contributed by atoms with Crippen molar-refractivity contribution in [2.24, 2.45) is 0 Å². The van der Waals surface area contributed by atoms with Crippen molar-refractivity contribution in [1.82, 2.24) is 24.6 Å². The van der Waals surface area contributed by atoms with Crippen LogP contribution in [0, 0.1) is 6.92 Å². The third-order valence-electron chi connectivity index (χ3n) is 7.23. The van der Waals surface area contributed by atoms with E-state index in [0.29, 0.717) is 61.1 Å². The zero-order valence-electron chi connectivity index (χ0n) is 23.7. The highest BCUT2D eigenvalue weighted by atomic mass is 16.5. The number of ether oxygens (including phenoxy) is 2. The Balaban J connectivity index is 1.48. The number of anilines is 4. The summed E-state index contributed by atoms with van der Waals surface area (Å²) in [6, 6.07) is 3.75. The van der Waals surface area contributed by atoms with Crippen molar-refractivity contribution in [3.63, 3.8) is 0 Å². The molecule has 1 amide bonds. The van der Waals surface area contributed by atoms with E-state index in [1.807, 2.05) is 23.7 Å². The molecule has 5 rings (SSSR count). The summed E-state index contributed by atoms with van der Waals surface area (Å²) in [5.74, 6) is 1.70. The summed E-state index contributed by atoms with van der Waals surface area (Å²) in [5.41, 5.74) is 5.32. The first-order valence-corrected chi connectivity index (χ1v) is 13.8. The molecule has 2 fully saturated rings. The van der Waals surface area contributed by atoms with Gasteiger partial charge in [0.15, 0.2) is 5.82 Å². The highest BCUT2D eigenvalue weighted by molar-refractivity contribution is 6.02. The topological polar surface area (TPSA) is 110 Å². The molecule has 2 N–H and O–H groups in total. The molecule has 11 nitrogen and oxygen atoms in total. The van der Waals surface area contributed by atoms with E-state index in [1.54, 1.807) is 13.3 Å². The minimum atomic E-state index is -0.298. The van der Waals surface area contributed by atoms with Gasteiger partial charge >= 0.3 is 0 Å². The van der Waals surface area contributed by atoms with Crippen molar-refractivity contribution in [2.75, 3.05) is 62.0 Å². The Kier molecular flexibility index (Phi) is 8.32. The van der Waals surface area contributed by atoms with Gasteiger partial charge in [0.2, 0.25) is 11.9 Å². The molecule has 0 atom stereocenters. The second kappa shape index (κ2) is 12.1. The number of hydrogen-bond donors (Lipinski definition) is 2. The van der Waals surface area contributed by atoms with E-state index in [2.05, 4.69) is 52.0 Å². The number of hydrogen-bond acceptors (Lipinski definition) is 9. The molecule has 40 heavy (non-hydrogen) atoms. The molecule has 11 heteroatoms. The van der Waals surface area contributed by atoms with E-state index in [9.17, 15) is 4.79 Å². The zero-order valence-corrected chi connectivity index (χ0v) is 23.7. The Morgan fingerprint density at radius 3 is 2.62 bits per heavy atom. The fourth-order valence-electron chi connectivity index (χ4n) is 4.95. The van der Waals surface area contributed by atoms with Crippen LogP contribution in [-0.2, 0) is 16.1 Å². The Hall–Kier alpha value is -3.96. The van der Waals surface area contributed by atoms with Crippen LogP contribution in [0.1, 0.15) is 43.0 Å². The normalized spacial score (nSPS) is 15.6. The lowest BCUT2D eigenvalue weighted by Crippen LogP contribution is -2.36. The molecule has 2 aliphatic heterocycles. The number of amides is 1. The fourth-order valence-corrected chi connectivity index (χ4v) is 4.95. The lowest BCUT2D eigenvalue weighted by atomic mass is 10.0. The minimum Gasteiger partial charge on any atom is -0.494 e. The van der Waals surface area contributed by atoms with E-state index < -0.39 is 0 Å². The molecule has 0 bridgehead atoms. The third kappa shape index (κ3) is 5.95. The van der Waals surface area contributed by atoms with Gasteiger partial charge in [-0.2, -0.15) is 10.1 Å². The van der Waals surface area contributed by atoms with Gasteiger partial charge in [-0.25, -0.2) is 9.67 Å². The van der Waals surface area contributed by atoms with Gasteiger partial charge in [0.25, 0.3) is 0 Å². The summed E-state index contributed by atoms with van der Waals surface area (Å²) in [7, 11) is 1.61. The first-order valence-electron chi connectivity index (χ1n) is 13.8. The molecule has 2 saturated heterocycles. The van der Waals surface area contributed by atoms with Crippen LogP contribution in [0.4, 0.5) is 23.0 Å². The van der Waals surface area contributed by atoms with Crippen LogP contribution in [0.15, 0.2) is 37.2 Å². The molecule has 3 aromatic rings. The van der Waals surface area contributed by atoms with Crippen LogP contribution in [0.25, 0.3) is 5.82 Å². The molecular formula is C29H38N8O3. The number of morpholine rings is 1. The fraction of sp³-hybridized carbons (Fsp3) is 0.448. The van der Waals surface area contributed by atoms with E-state index in [-0.39, 0.29) is 5.91 Å². The van der Waals surface area contributed by atoms with Gasteiger partial charge in [-0.1, -0.05) is 20.4 Å². The number of benzene rings is 1. The number of nitrogens with one attached hydrogen (secondary N) is 2. The number of carbonyl (C=O) groups is 1. The number of methoxy groups -OCH3 is 1. The Morgan fingerprint density at radius 2 is 1.98 bits per heavy atom. The molecule has 0 spiro atoms. The number of likely N-dealkylation sites (tertiary alicyclic amines) is 1. The van der Waals surface area contributed by atoms with Crippen molar-refractivity contribution in [3.05, 3.63) is 54.0 Å². The van der Waals surface area contributed by atoms with Crippen LogP contribution in [0.5, 0.6) is 5.75 Å². The van der Waals surface area contributed by atoms with Crippen molar-refractivity contribution in [1.29, 1.82) is 0 Å². The van der Waals surface area contributed by atoms with Gasteiger partial charge in [0, 0.05) is 49.2 Å². The molecule has 4 heterocycles. The van der Waals surface area contributed by atoms with E-state index in [0.717, 1.165) is 36.6 Å². The average Bonchev–Trinajstić information content (AvgIpc) is 3.36. The highest BCUT2D eigenvalue weighted by Crippen LogP contribution is 2.38. The quantitative estimate of drug-likeness (QED) is 0.365. The molecule has 2 aromatic heterocycles. The molecule has 0 saturated carbocycles. The monoisotopic (exact) mass is 546 g/mol. The van der Waals surface area contributed by atoms with Crippen LogP contribution in [-0.4, -0.2) is 77.1 Å². The maximum atomic E-state index is 12.3. The number of rotatable bonds is 10. The largest absolute Gasteiger partial charge is 0.494 e. The standard InChI is InChI=1S/C29H38N8O3/c1-6-26(38)31-22-14-23(25(39-5)15-24(22)36-10-12-40-13-11-36)32-29-30-16-20(4)28(33-29)37-18-21(17-35-8-7-9-35)27(34-37)19(2)3/h6,14-16,18-19H,1,7-13,17H2,2-5H3,(H,31,38)(H,30,32,33). The maximum Gasteiger partial charge on any atom is 0.247 e. The number of aryl methyl sites for hydroxylation is 1. The molecule has 2 aliphatic rings. The number of aromatic nitrogens is 4. The molecular weight excluding hydrogens is 508 g/mol. The van der Waals surface area contributed by atoms with E-state index in [1.165, 1.54) is 18.1 Å². The van der Waals surface area contributed by atoms with Crippen molar-refractivity contribution < 1.29 is 14.3 Å². The summed E-state index contributed by atoms with van der Waals surface area (Å²) < 4.78 is 13.1. The Morgan fingerprint density at radius 1 is 1.20 bits per heavy atom. The average molecular weight is 547 g/mol.